The number of nitrogens with two attached hydrogens (primary N) is 1. The molecule has 164 valence electrons. The van der Waals surface area contributed by atoms with E-state index in [0.717, 1.165) is 11.1 Å². The Bertz CT molecular complexity index is 1260. The molecule has 0 saturated heterocycles. The summed E-state index contributed by atoms with van der Waals surface area (Å²) in [5.41, 5.74) is 17.2. The van der Waals surface area contributed by atoms with Gasteiger partial charge in [-0.05, 0) is 35.4 Å². The number of hydrogen-bond donors (Lipinski definition) is 3. The highest BCUT2D eigenvalue weighted by molar-refractivity contribution is 6.04. The van der Waals surface area contributed by atoms with Crippen molar-refractivity contribution < 1.29 is 9.53 Å². The number of anilines is 2. The Morgan fingerprint density at radius 2 is 1.70 bits per heavy atom. The van der Waals surface area contributed by atoms with Crippen LogP contribution in [0.2, 0.25) is 0 Å². The second kappa shape index (κ2) is 10.3. The number of rotatable bonds is 8. The molecule has 8 nitrogen and oxygen atoms in total. The second-order valence-corrected chi connectivity index (χ2v) is 7.29. The quantitative estimate of drug-likeness (QED) is 0.319. The number of carbonyl (C=O) groups excluding carboxylic acids is 1. The predicted octanol–water partition coefficient (Wildman–Crippen LogP) is 5.36. The van der Waals surface area contributed by atoms with E-state index in [1.165, 1.54) is 6.20 Å². The molecule has 0 atom stereocenters. The minimum atomic E-state index is -0.251. The van der Waals surface area contributed by atoms with E-state index in [0.29, 0.717) is 35.7 Å². The number of carbonyl (C=O) groups is 1. The SMILES string of the molecule is N=Nc1nc(-c2cccc(C(=O)Nc3ccc(COCc4ccccc4)cc3)c2)cnc1N. The summed E-state index contributed by atoms with van der Waals surface area (Å²) in [5.74, 6) is -0.134. The maximum atomic E-state index is 12.7. The molecule has 1 aromatic heterocycles. The van der Waals surface area contributed by atoms with Crippen LogP contribution in [0.25, 0.3) is 11.3 Å². The number of benzene rings is 3. The lowest BCUT2D eigenvalue weighted by Gasteiger charge is -2.09. The van der Waals surface area contributed by atoms with Crippen LogP contribution in [0.1, 0.15) is 21.5 Å². The van der Waals surface area contributed by atoms with Crippen LogP contribution in [-0.4, -0.2) is 15.9 Å². The maximum Gasteiger partial charge on any atom is 0.255 e. The lowest BCUT2D eigenvalue weighted by Crippen LogP contribution is -2.12. The van der Waals surface area contributed by atoms with Crippen molar-refractivity contribution in [3.05, 3.63) is 102 Å². The summed E-state index contributed by atoms with van der Waals surface area (Å²) in [6, 6.07) is 24.5. The molecule has 8 heteroatoms. The fraction of sp³-hybridized carbons (Fsp3) is 0.0800. The number of aromatic nitrogens is 2. The van der Waals surface area contributed by atoms with Crippen molar-refractivity contribution in [2.75, 3.05) is 11.1 Å². The van der Waals surface area contributed by atoms with Crippen LogP contribution in [0.15, 0.2) is 90.2 Å². The Labute approximate surface area is 191 Å². The smallest absolute Gasteiger partial charge is 0.255 e. The van der Waals surface area contributed by atoms with Crippen molar-refractivity contribution in [2.45, 2.75) is 13.2 Å². The number of hydrogen-bond acceptors (Lipinski definition) is 7. The zero-order valence-corrected chi connectivity index (χ0v) is 17.7. The molecule has 0 aliphatic rings. The van der Waals surface area contributed by atoms with E-state index in [9.17, 15) is 4.79 Å². The first-order chi connectivity index (χ1) is 16.1. The zero-order chi connectivity index (χ0) is 23.0. The van der Waals surface area contributed by atoms with Crippen molar-refractivity contribution in [2.24, 2.45) is 5.11 Å². The van der Waals surface area contributed by atoms with Gasteiger partial charge in [-0.3, -0.25) is 4.79 Å². The topological polar surface area (TPSA) is 126 Å². The van der Waals surface area contributed by atoms with Crippen molar-refractivity contribution >= 4 is 23.2 Å². The van der Waals surface area contributed by atoms with Gasteiger partial charge in [-0.25, -0.2) is 15.5 Å². The summed E-state index contributed by atoms with van der Waals surface area (Å²) < 4.78 is 5.75. The average Bonchev–Trinajstić information content (AvgIpc) is 2.86. The van der Waals surface area contributed by atoms with Gasteiger partial charge in [0.2, 0.25) is 5.82 Å². The summed E-state index contributed by atoms with van der Waals surface area (Å²) in [4.78, 5) is 21.0. The maximum absolute atomic E-state index is 12.7. The van der Waals surface area contributed by atoms with Crippen LogP contribution in [0.4, 0.5) is 17.3 Å². The van der Waals surface area contributed by atoms with Crippen molar-refractivity contribution in [3.8, 4) is 11.3 Å². The van der Waals surface area contributed by atoms with Crippen LogP contribution >= 0.6 is 0 Å². The minimum Gasteiger partial charge on any atom is -0.380 e. The third kappa shape index (κ3) is 5.63. The highest BCUT2D eigenvalue weighted by atomic mass is 16.5. The van der Waals surface area contributed by atoms with Gasteiger partial charge in [-0.15, -0.1) is 5.11 Å². The molecule has 0 aliphatic carbocycles. The number of nitrogens with zero attached hydrogens (tertiary/aromatic N) is 3. The van der Waals surface area contributed by atoms with E-state index >= 15 is 0 Å². The van der Waals surface area contributed by atoms with Gasteiger partial charge in [0.1, 0.15) is 0 Å². The average molecular weight is 438 g/mol. The van der Waals surface area contributed by atoms with E-state index in [-0.39, 0.29) is 17.5 Å². The summed E-state index contributed by atoms with van der Waals surface area (Å²) in [7, 11) is 0. The Kier molecular flexibility index (Phi) is 6.77. The molecule has 1 amide bonds. The molecule has 0 radical (unpaired) electrons. The lowest BCUT2D eigenvalue weighted by atomic mass is 10.1. The molecular weight excluding hydrogens is 416 g/mol. The van der Waals surface area contributed by atoms with Crippen molar-refractivity contribution in [1.82, 2.24) is 9.97 Å². The predicted molar refractivity (Wildman–Crippen MR) is 126 cm³/mol. The van der Waals surface area contributed by atoms with E-state index in [2.05, 4.69) is 20.4 Å². The minimum absolute atomic E-state index is 0.0372. The van der Waals surface area contributed by atoms with Crippen molar-refractivity contribution in [3.63, 3.8) is 0 Å². The van der Waals surface area contributed by atoms with E-state index in [4.69, 9.17) is 16.0 Å². The number of nitrogens with one attached hydrogen (secondary N) is 2. The third-order valence-corrected chi connectivity index (χ3v) is 4.90. The van der Waals surface area contributed by atoms with Crippen LogP contribution in [0.3, 0.4) is 0 Å². The monoisotopic (exact) mass is 438 g/mol. The molecule has 0 spiro atoms. The highest BCUT2D eigenvalue weighted by Gasteiger charge is 2.10. The number of ether oxygens (including phenoxy) is 1. The molecule has 0 bridgehead atoms. The molecule has 0 saturated carbocycles. The van der Waals surface area contributed by atoms with E-state index in [1.54, 1.807) is 24.3 Å². The van der Waals surface area contributed by atoms with Crippen LogP contribution < -0.4 is 11.1 Å². The number of amides is 1. The van der Waals surface area contributed by atoms with Crippen LogP contribution in [0, 0.1) is 5.53 Å². The summed E-state index contributed by atoms with van der Waals surface area (Å²) in [5, 5.41) is 6.17. The van der Waals surface area contributed by atoms with Gasteiger partial charge in [0, 0.05) is 16.8 Å². The van der Waals surface area contributed by atoms with Gasteiger partial charge in [0.05, 0.1) is 25.1 Å². The van der Waals surface area contributed by atoms with Gasteiger partial charge in [-0.2, -0.15) is 0 Å². The Balaban J connectivity index is 1.38. The summed E-state index contributed by atoms with van der Waals surface area (Å²) in [6.45, 7) is 1.03. The molecule has 3 aromatic carbocycles. The first kappa shape index (κ1) is 21.8. The Morgan fingerprint density at radius 1 is 0.970 bits per heavy atom. The Hall–Kier alpha value is -4.43. The van der Waals surface area contributed by atoms with E-state index in [1.807, 2.05) is 54.6 Å². The summed E-state index contributed by atoms with van der Waals surface area (Å²) >= 11 is 0. The van der Waals surface area contributed by atoms with Gasteiger partial charge < -0.3 is 15.8 Å². The summed E-state index contributed by atoms with van der Waals surface area (Å²) in [6.07, 6.45) is 1.49. The molecule has 4 aromatic rings. The highest BCUT2D eigenvalue weighted by Crippen LogP contribution is 2.24. The molecule has 4 N–H and O–H groups in total. The standard InChI is InChI=1S/C25H22N6O2/c26-23-24(31-27)30-22(14-28-23)19-7-4-8-20(13-19)25(32)29-21-11-9-18(10-12-21)16-33-15-17-5-2-1-3-6-17/h1-14,27H,15-16H2,(H2,26,28)(H,29,32). The Morgan fingerprint density at radius 3 is 2.42 bits per heavy atom. The third-order valence-electron chi connectivity index (χ3n) is 4.90. The first-order valence-corrected chi connectivity index (χ1v) is 10.2. The normalized spacial score (nSPS) is 10.5. The molecular formula is C25H22N6O2. The second-order valence-electron chi connectivity index (χ2n) is 7.29. The molecule has 0 unspecified atom stereocenters. The fourth-order valence-corrected chi connectivity index (χ4v) is 3.18. The first-order valence-electron chi connectivity index (χ1n) is 10.2. The fourth-order valence-electron chi connectivity index (χ4n) is 3.18. The number of nitrogen functional groups attached to an aromatic ring is 1. The molecule has 0 aliphatic heterocycles. The van der Waals surface area contributed by atoms with Crippen LogP contribution in [-0.2, 0) is 18.0 Å². The van der Waals surface area contributed by atoms with Crippen molar-refractivity contribution in [1.29, 1.82) is 5.53 Å². The van der Waals surface area contributed by atoms with Gasteiger partial charge in [-0.1, -0.05) is 54.6 Å². The molecule has 1 heterocycles. The van der Waals surface area contributed by atoms with Gasteiger partial charge in [0.15, 0.2) is 5.82 Å². The van der Waals surface area contributed by atoms with Crippen LogP contribution in [0.5, 0.6) is 0 Å². The molecule has 0 fully saturated rings. The van der Waals surface area contributed by atoms with Gasteiger partial charge in [0.25, 0.3) is 5.91 Å². The largest absolute Gasteiger partial charge is 0.380 e. The molecule has 33 heavy (non-hydrogen) atoms. The zero-order valence-electron chi connectivity index (χ0n) is 17.7. The van der Waals surface area contributed by atoms with Gasteiger partial charge >= 0.3 is 0 Å². The molecule has 4 rings (SSSR count). The van der Waals surface area contributed by atoms with E-state index < -0.39 is 0 Å². The lowest BCUT2D eigenvalue weighted by molar-refractivity contribution is 0.102.